The Bertz CT molecular complexity index is 273. The van der Waals surface area contributed by atoms with Crippen molar-refractivity contribution in [2.24, 2.45) is 0 Å². The van der Waals surface area contributed by atoms with E-state index in [2.05, 4.69) is 15.0 Å². The predicted octanol–water partition coefficient (Wildman–Crippen LogP) is -2.53. The molecule has 1 heterocycles. The fourth-order valence-corrected chi connectivity index (χ4v) is 0.427. The van der Waals surface area contributed by atoms with Gasteiger partial charge in [-0.05, 0) is 0 Å². The van der Waals surface area contributed by atoms with E-state index in [1.54, 1.807) is 0 Å². The van der Waals surface area contributed by atoms with E-state index in [0.29, 0.717) is 0 Å². The van der Waals surface area contributed by atoms with Gasteiger partial charge in [0, 0.05) is 0 Å². The van der Waals surface area contributed by atoms with E-state index in [4.69, 9.17) is 35.3 Å². The fraction of sp³-hybridized carbons (Fsp3) is 0. The van der Waals surface area contributed by atoms with Gasteiger partial charge in [-0.2, -0.15) is 19.2 Å². The van der Waals surface area contributed by atoms with Crippen LogP contribution in [0.25, 0.3) is 0 Å². The van der Waals surface area contributed by atoms with E-state index in [9.17, 15) is 0 Å². The van der Waals surface area contributed by atoms with Crippen LogP contribution < -0.4 is 17.2 Å². The molecule has 1 aromatic heterocycles. The Morgan fingerprint density at radius 1 is 0.938 bits per heavy atom. The maximum absolute atomic E-state index is 8.67. The fourth-order valence-electron chi connectivity index (χ4n) is 0.427. The second-order valence-corrected chi connectivity index (χ2v) is 2.10. The molecule has 0 saturated carbocycles. The molecule has 0 saturated heterocycles. The number of hydrogen-bond acceptors (Lipinski definition) is 8. The van der Waals surface area contributed by atoms with Crippen molar-refractivity contribution in [3.8, 4) is 0 Å². The van der Waals surface area contributed by atoms with Crippen molar-refractivity contribution in [3.63, 3.8) is 0 Å². The van der Waals surface area contributed by atoms with E-state index in [0.717, 1.165) is 0 Å². The van der Waals surface area contributed by atoms with Crippen LogP contribution in [0.4, 0.5) is 17.8 Å². The van der Waals surface area contributed by atoms with Crippen LogP contribution in [0, 0.1) is 0 Å². The predicted molar refractivity (Wildman–Crippen MR) is 60.7 cm³/mol. The molecule has 0 spiro atoms. The number of anilines is 3. The van der Waals surface area contributed by atoms with Crippen LogP contribution in [0.2, 0.25) is 0 Å². The minimum atomic E-state index is -2.61. The molecule has 12 heteroatoms. The molecule has 88 valence electrons. The molecule has 16 heavy (non-hydrogen) atoms. The Kier molecular flexibility index (Phi) is 15.7. The third-order valence-corrected chi connectivity index (χ3v) is 0.687. The SMILES string of the molecule is C=O.Nc1nc(N)nc(N)n1.O=S(O)O.[NaH]. The number of aromatic nitrogens is 3. The van der Waals surface area contributed by atoms with Crippen molar-refractivity contribution in [2.75, 3.05) is 17.2 Å². The average Bonchev–Trinajstić information content (AvgIpc) is 2.03. The molecule has 8 N–H and O–H groups in total. The molecular formula is C4H11N6NaO4S. The van der Waals surface area contributed by atoms with E-state index in [1.165, 1.54) is 0 Å². The summed E-state index contributed by atoms with van der Waals surface area (Å²) in [6.07, 6.45) is 0. The molecule has 0 aliphatic carbocycles. The summed E-state index contributed by atoms with van der Waals surface area (Å²) in [4.78, 5) is 18.5. The number of hydrogen-bond donors (Lipinski definition) is 5. The van der Waals surface area contributed by atoms with Gasteiger partial charge in [-0.25, -0.2) is 0 Å². The van der Waals surface area contributed by atoms with Gasteiger partial charge in [0.2, 0.25) is 17.8 Å². The Hall–Kier alpha value is -0.850. The zero-order chi connectivity index (χ0) is 12.4. The standard InChI is InChI=1S/C3H6N6.CH2O.Na.H2O3S.H/c4-1-7-2(5)9-3(6)8-1;1-2;;1-4(2)3;/h(H6,4,5,6,7,8,9);1H2;;(H2,1,2,3);. The Balaban J connectivity index is -0.000000209. The van der Waals surface area contributed by atoms with Crippen molar-refractivity contribution >= 4 is 65.6 Å². The third kappa shape index (κ3) is 15.6. The van der Waals surface area contributed by atoms with Crippen molar-refractivity contribution in [1.29, 1.82) is 0 Å². The van der Waals surface area contributed by atoms with Gasteiger partial charge in [0.1, 0.15) is 6.79 Å². The van der Waals surface area contributed by atoms with Crippen LogP contribution in [0.3, 0.4) is 0 Å². The van der Waals surface area contributed by atoms with Gasteiger partial charge in [0.15, 0.2) is 0 Å². The molecule has 0 radical (unpaired) electrons. The second-order valence-electron chi connectivity index (χ2n) is 1.64. The Labute approximate surface area is 115 Å². The summed E-state index contributed by atoms with van der Waals surface area (Å²) < 4.78 is 22.8. The molecule has 0 unspecified atom stereocenters. The molecular weight excluding hydrogens is 251 g/mol. The molecule has 1 aromatic rings. The maximum atomic E-state index is 8.67. The van der Waals surface area contributed by atoms with Crippen molar-refractivity contribution < 1.29 is 18.1 Å². The number of nitrogens with two attached hydrogens (primary N) is 3. The summed E-state index contributed by atoms with van der Waals surface area (Å²) in [5, 5.41) is 0. The minimum absolute atomic E-state index is 0. The molecule has 0 aromatic carbocycles. The van der Waals surface area contributed by atoms with E-state index < -0.39 is 11.4 Å². The first-order chi connectivity index (χ1) is 6.91. The molecule has 0 amide bonds. The number of nitrogen functional groups attached to an aromatic ring is 3. The van der Waals surface area contributed by atoms with Crippen LogP contribution in [0.1, 0.15) is 0 Å². The average molecular weight is 262 g/mol. The van der Waals surface area contributed by atoms with Crippen LogP contribution in [0.15, 0.2) is 0 Å². The summed E-state index contributed by atoms with van der Waals surface area (Å²) in [6.45, 7) is 2.00. The summed E-state index contributed by atoms with van der Waals surface area (Å²) in [5.74, 6) is 0.125. The Morgan fingerprint density at radius 2 is 1.06 bits per heavy atom. The van der Waals surface area contributed by atoms with Crippen molar-refractivity contribution in [1.82, 2.24) is 15.0 Å². The topological polar surface area (TPSA) is 191 Å². The van der Waals surface area contributed by atoms with E-state index in [1.807, 2.05) is 6.79 Å². The van der Waals surface area contributed by atoms with Gasteiger partial charge < -0.3 is 22.0 Å². The van der Waals surface area contributed by atoms with Crippen LogP contribution in [0.5, 0.6) is 0 Å². The summed E-state index contributed by atoms with van der Waals surface area (Å²) in [6, 6.07) is 0. The molecule has 0 atom stereocenters. The van der Waals surface area contributed by atoms with Crippen molar-refractivity contribution in [2.45, 2.75) is 0 Å². The summed E-state index contributed by atoms with van der Waals surface area (Å²) in [7, 11) is 0. The van der Waals surface area contributed by atoms with Gasteiger partial charge >= 0.3 is 29.6 Å². The van der Waals surface area contributed by atoms with Gasteiger partial charge in [0.25, 0.3) is 11.4 Å². The third-order valence-electron chi connectivity index (χ3n) is 0.687. The molecule has 0 bridgehead atoms. The molecule has 10 nitrogen and oxygen atoms in total. The van der Waals surface area contributed by atoms with Crippen LogP contribution in [-0.2, 0) is 16.2 Å². The number of nitrogens with zero attached hydrogens (tertiary/aromatic N) is 3. The normalized spacial score (nSPS) is 7.69. The quantitative estimate of drug-likeness (QED) is 0.246. The van der Waals surface area contributed by atoms with Crippen LogP contribution in [-0.4, -0.2) is 64.6 Å². The number of rotatable bonds is 0. The molecule has 0 aliphatic rings. The van der Waals surface area contributed by atoms with Crippen LogP contribution >= 0.6 is 0 Å². The first-order valence-corrected chi connectivity index (χ1v) is 4.09. The summed E-state index contributed by atoms with van der Waals surface area (Å²) >= 11 is -2.61. The zero-order valence-corrected chi connectivity index (χ0v) is 8.22. The van der Waals surface area contributed by atoms with Gasteiger partial charge in [-0.3, -0.25) is 9.11 Å². The number of carbonyl (C=O) groups is 1. The Morgan fingerprint density at radius 3 is 1.19 bits per heavy atom. The van der Waals surface area contributed by atoms with Gasteiger partial charge in [-0.1, -0.05) is 0 Å². The molecule has 0 fully saturated rings. The summed E-state index contributed by atoms with van der Waals surface area (Å²) in [5.41, 5.74) is 15.4. The van der Waals surface area contributed by atoms with Gasteiger partial charge in [0.05, 0.1) is 0 Å². The first-order valence-electron chi connectivity index (χ1n) is 3.03. The first kappa shape index (κ1) is 20.5. The van der Waals surface area contributed by atoms with E-state index >= 15 is 0 Å². The van der Waals surface area contributed by atoms with Gasteiger partial charge in [-0.15, -0.1) is 0 Å². The number of carbonyl (C=O) groups excluding carboxylic acids is 1. The second kappa shape index (κ2) is 12.2. The monoisotopic (exact) mass is 262 g/mol. The molecule has 1 rings (SSSR count). The van der Waals surface area contributed by atoms with E-state index in [-0.39, 0.29) is 47.4 Å². The van der Waals surface area contributed by atoms with Crippen molar-refractivity contribution in [3.05, 3.63) is 0 Å². The zero-order valence-electron chi connectivity index (χ0n) is 7.40. The molecule has 0 aliphatic heterocycles.